The van der Waals surface area contributed by atoms with Gasteiger partial charge in [0, 0.05) is 35.5 Å². The van der Waals surface area contributed by atoms with Gasteiger partial charge >= 0.3 is 0 Å². The van der Waals surface area contributed by atoms with E-state index < -0.39 is 10.0 Å². The van der Waals surface area contributed by atoms with Crippen LogP contribution in [0.1, 0.15) is 30.4 Å². The second kappa shape index (κ2) is 11.0. The lowest BCUT2D eigenvalue weighted by molar-refractivity contribution is 0.340. The Morgan fingerprint density at radius 3 is 2.49 bits per heavy atom. The molecule has 3 heterocycles. The normalized spacial score (nSPS) is 17.1. The second-order valence-corrected chi connectivity index (χ2v) is 11.1. The zero-order chi connectivity index (χ0) is 27.6. The van der Waals surface area contributed by atoms with Crippen molar-refractivity contribution in [3.05, 3.63) is 96.6 Å². The minimum absolute atomic E-state index is 0.255. The summed E-state index contributed by atoms with van der Waals surface area (Å²) >= 11 is 5.87. The van der Waals surface area contributed by atoms with E-state index in [4.69, 9.17) is 21.7 Å². The number of methoxy groups -OCH3 is 1. The summed E-state index contributed by atoms with van der Waals surface area (Å²) in [6.07, 6.45) is 4.88. The van der Waals surface area contributed by atoms with Crippen molar-refractivity contribution in [2.45, 2.75) is 19.0 Å². The summed E-state index contributed by atoms with van der Waals surface area (Å²) in [6, 6.07) is 22.5. The molecule has 0 spiro atoms. The summed E-state index contributed by atoms with van der Waals surface area (Å²) < 4.78 is 39.5. The fourth-order valence-electron chi connectivity index (χ4n) is 4.79. The molecule has 9 nitrogen and oxygen atoms in total. The first-order valence-electron chi connectivity index (χ1n) is 12.4. The number of anilines is 2. The predicted molar refractivity (Wildman–Crippen MR) is 156 cm³/mol. The zero-order valence-corrected chi connectivity index (χ0v) is 23.4. The van der Waals surface area contributed by atoms with Crippen LogP contribution in [0.4, 0.5) is 11.4 Å². The molecule has 202 valence electrons. The van der Waals surface area contributed by atoms with Crippen LogP contribution in [-0.4, -0.2) is 43.1 Å². The molecular formula is C28H29N5O4S2. The molecule has 1 fully saturated rings. The van der Waals surface area contributed by atoms with Gasteiger partial charge in [-0.15, -0.1) is 0 Å². The van der Waals surface area contributed by atoms with Crippen molar-refractivity contribution < 1.29 is 17.9 Å². The van der Waals surface area contributed by atoms with Gasteiger partial charge in [0.15, 0.2) is 5.11 Å². The number of rotatable bonds is 9. The lowest BCUT2D eigenvalue weighted by Crippen LogP contribution is -2.30. The standard InChI is InChI=1S/C28H29N5O4S2/c1-4-37-21-13-10-19(11-14-21)32-17-7-9-24(32)27-26(23-8-5-6-16-29-23)30-28(38)33(27)20-12-15-22(25(18-20)36-2)31-39(3,34)35/h5-18,26-27,31H,4H2,1-3H3,(H,30,38)/t26-,27-/m0/s1. The Labute approximate surface area is 233 Å². The third kappa shape index (κ3) is 5.55. The van der Waals surface area contributed by atoms with E-state index in [1.165, 1.54) is 7.11 Å². The van der Waals surface area contributed by atoms with Gasteiger partial charge in [0.1, 0.15) is 17.5 Å². The van der Waals surface area contributed by atoms with Crippen LogP contribution in [0.3, 0.4) is 0 Å². The van der Waals surface area contributed by atoms with E-state index in [-0.39, 0.29) is 12.1 Å². The molecule has 2 aromatic carbocycles. The van der Waals surface area contributed by atoms with Crippen LogP contribution in [0, 0.1) is 0 Å². The third-order valence-electron chi connectivity index (χ3n) is 6.37. The molecule has 5 rings (SSSR count). The summed E-state index contributed by atoms with van der Waals surface area (Å²) in [6.45, 7) is 2.56. The van der Waals surface area contributed by atoms with Crippen LogP contribution in [0.2, 0.25) is 0 Å². The molecule has 1 aliphatic rings. The SMILES string of the molecule is CCOc1ccc(-n2cccc2[C@H]2[C@H](c3ccccn3)NC(=S)N2c2ccc(NS(C)(=O)=O)c(OC)c2)cc1. The highest BCUT2D eigenvalue weighted by atomic mass is 32.2. The van der Waals surface area contributed by atoms with Crippen LogP contribution in [0.15, 0.2) is 85.2 Å². The Balaban J connectivity index is 1.61. The van der Waals surface area contributed by atoms with Gasteiger partial charge in [0.25, 0.3) is 0 Å². The smallest absolute Gasteiger partial charge is 0.229 e. The first kappa shape index (κ1) is 26.5. The molecule has 2 atom stereocenters. The van der Waals surface area contributed by atoms with Crippen molar-refractivity contribution in [3.63, 3.8) is 0 Å². The monoisotopic (exact) mass is 563 g/mol. The average Bonchev–Trinajstić information content (AvgIpc) is 3.53. The van der Waals surface area contributed by atoms with E-state index in [2.05, 4.69) is 25.7 Å². The van der Waals surface area contributed by atoms with Crippen molar-refractivity contribution in [2.75, 3.05) is 29.6 Å². The average molecular weight is 564 g/mol. The first-order valence-corrected chi connectivity index (χ1v) is 14.7. The Morgan fingerprint density at radius 2 is 1.82 bits per heavy atom. The lowest BCUT2D eigenvalue weighted by atomic mass is 10.0. The van der Waals surface area contributed by atoms with Crippen molar-refractivity contribution in [2.24, 2.45) is 0 Å². The van der Waals surface area contributed by atoms with Gasteiger partial charge < -0.3 is 24.3 Å². The van der Waals surface area contributed by atoms with Gasteiger partial charge in [0.05, 0.1) is 37.4 Å². The number of sulfonamides is 1. The topological polar surface area (TPSA) is 97.7 Å². The number of ether oxygens (including phenoxy) is 2. The van der Waals surface area contributed by atoms with Crippen LogP contribution in [0.25, 0.3) is 5.69 Å². The Hall–Kier alpha value is -4.09. The molecule has 0 bridgehead atoms. The van der Waals surface area contributed by atoms with Gasteiger partial charge in [-0.2, -0.15) is 0 Å². The molecule has 0 saturated carbocycles. The predicted octanol–water partition coefficient (Wildman–Crippen LogP) is 4.83. The molecule has 1 aliphatic heterocycles. The molecule has 2 aromatic heterocycles. The minimum atomic E-state index is -3.49. The van der Waals surface area contributed by atoms with E-state index >= 15 is 0 Å². The maximum absolute atomic E-state index is 11.9. The summed E-state index contributed by atoms with van der Waals surface area (Å²) in [5.74, 6) is 1.18. The lowest BCUT2D eigenvalue weighted by Gasteiger charge is -2.29. The van der Waals surface area contributed by atoms with Crippen molar-refractivity contribution in [1.82, 2.24) is 14.9 Å². The van der Waals surface area contributed by atoms with Gasteiger partial charge in [-0.1, -0.05) is 6.07 Å². The quantitative estimate of drug-likeness (QED) is 0.280. The second-order valence-electron chi connectivity index (χ2n) is 8.99. The van der Waals surface area contributed by atoms with Crippen molar-refractivity contribution >= 4 is 38.7 Å². The van der Waals surface area contributed by atoms with Gasteiger partial charge in [-0.25, -0.2) is 8.42 Å². The van der Waals surface area contributed by atoms with E-state index in [0.29, 0.717) is 23.2 Å². The van der Waals surface area contributed by atoms with Crippen LogP contribution in [-0.2, 0) is 10.0 Å². The Kier molecular flexibility index (Phi) is 7.45. The number of nitrogens with zero attached hydrogens (tertiary/aromatic N) is 3. The zero-order valence-electron chi connectivity index (χ0n) is 21.7. The minimum Gasteiger partial charge on any atom is -0.494 e. The summed E-state index contributed by atoms with van der Waals surface area (Å²) in [4.78, 5) is 6.65. The molecule has 1 saturated heterocycles. The van der Waals surface area contributed by atoms with Crippen molar-refractivity contribution in [3.8, 4) is 17.2 Å². The molecule has 4 aromatic rings. The molecular weight excluding hydrogens is 534 g/mol. The fourth-order valence-corrected chi connectivity index (χ4v) is 5.70. The molecule has 0 amide bonds. The van der Waals surface area contributed by atoms with E-state index in [1.54, 1.807) is 18.3 Å². The van der Waals surface area contributed by atoms with E-state index in [9.17, 15) is 8.42 Å². The van der Waals surface area contributed by atoms with Gasteiger partial charge in [0.2, 0.25) is 10.0 Å². The maximum Gasteiger partial charge on any atom is 0.229 e. The maximum atomic E-state index is 11.9. The summed E-state index contributed by atoms with van der Waals surface area (Å²) in [5.41, 5.74) is 3.89. The Morgan fingerprint density at radius 1 is 1.05 bits per heavy atom. The molecule has 0 aliphatic carbocycles. The number of hydrogen-bond acceptors (Lipinski definition) is 6. The molecule has 11 heteroatoms. The number of thiocarbonyl (C=S) groups is 1. The first-order chi connectivity index (χ1) is 18.8. The largest absolute Gasteiger partial charge is 0.494 e. The number of nitrogens with one attached hydrogen (secondary N) is 2. The third-order valence-corrected chi connectivity index (χ3v) is 7.27. The van der Waals surface area contributed by atoms with E-state index in [1.807, 2.05) is 72.6 Å². The van der Waals surface area contributed by atoms with Crippen LogP contribution < -0.4 is 24.4 Å². The molecule has 39 heavy (non-hydrogen) atoms. The number of aromatic nitrogens is 2. The molecule has 0 radical (unpaired) electrons. The molecule has 0 unspecified atom stereocenters. The van der Waals surface area contributed by atoms with E-state index in [0.717, 1.165) is 34.8 Å². The highest BCUT2D eigenvalue weighted by Crippen LogP contribution is 2.44. The summed E-state index contributed by atoms with van der Waals surface area (Å²) in [7, 11) is -1.99. The molecule has 2 N–H and O–H groups in total. The Bertz CT molecular complexity index is 1570. The highest BCUT2D eigenvalue weighted by molar-refractivity contribution is 7.92. The highest BCUT2D eigenvalue weighted by Gasteiger charge is 2.42. The van der Waals surface area contributed by atoms with Crippen molar-refractivity contribution in [1.29, 1.82) is 0 Å². The van der Waals surface area contributed by atoms with Gasteiger partial charge in [-0.05, 0) is 79.8 Å². The number of pyridine rings is 1. The number of benzene rings is 2. The van der Waals surface area contributed by atoms with Crippen LogP contribution >= 0.6 is 12.2 Å². The van der Waals surface area contributed by atoms with Crippen LogP contribution in [0.5, 0.6) is 11.5 Å². The van der Waals surface area contributed by atoms with Gasteiger partial charge in [-0.3, -0.25) is 9.71 Å². The fraction of sp³-hybridized carbons (Fsp3) is 0.214. The number of hydrogen-bond donors (Lipinski definition) is 2. The summed E-state index contributed by atoms with van der Waals surface area (Å²) in [5, 5.41) is 3.98.